The number of aryl methyl sites for hydroxylation is 1. The van der Waals surface area contributed by atoms with Crippen LogP contribution in [0, 0.1) is 6.92 Å². The van der Waals surface area contributed by atoms with Gasteiger partial charge < -0.3 is 20.9 Å². The summed E-state index contributed by atoms with van der Waals surface area (Å²) < 4.78 is 5.29. The predicted octanol–water partition coefficient (Wildman–Crippen LogP) is 0.584. The van der Waals surface area contributed by atoms with Crippen molar-refractivity contribution in [1.29, 1.82) is 0 Å². The smallest absolute Gasteiger partial charge is 0.123 e. The van der Waals surface area contributed by atoms with Crippen molar-refractivity contribution in [3.63, 3.8) is 0 Å². The van der Waals surface area contributed by atoms with Gasteiger partial charge >= 0.3 is 0 Å². The molecule has 90 valence electrons. The van der Waals surface area contributed by atoms with Crippen molar-refractivity contribution in [2.75, 3.05) is 20.7 Å². The first-order valence-corrected chi connectivity index (χ1v) is 5.34. The van der Waals surface area contributed by atoms with E-state index in [-0.39, 0.29) is 12.6 Å². The molecule has 16 heavy (non-hydrogen) atoms. The van der Waals surface area contributed by atoms with Crippen LogP contribution in [0.2, 0.25) is 0 Å². The monoisotopic (exact) mass is 224 g/mol. The van der Waals surface area contributed by atoms with Crippen molar-refractivity contribution in [1.82, 2.24) is 5.32 Å². The maximum Gasteiger partial charge on any atom is 0.123 e. The maximum absolute atomic E-state index is 9.84. The predicted molar refractivity (Wildman–Crippen MR) is 64.6 cm³/mol. The van der Waals surface area contributed by atoms with E-state index in [0.717, 1.165) is 16.9 Å². The van der Waals surface area contributed by atoms with Crippen LogP contribution in [0.5, 0.6) is 5.75 Å². The molecule has 1 rings (SSSR count). The summed E-state index contributed by atoms with van der Waals surface area (Å²) in [5.74, 6) is 0.762. The third-order valence-corrected chi connectivity index (χ3v) is 2.66. The van der Waals surface area contributed by atoms with Gasteiger partial charge in [-0.2, -0.15) is 0 Å². The number of hydrogen-bond donors (Lipinski definition) is 3. The number of nitrogens with one attached hydrogen (secondary N) is 1. The third kappa shape index (κ3) is 2.72. The van der Waals surface area contributed by atoms with E-state index in [4.69, 9.17) is 10.5 Å². The highest BCUT2D eigenvalue weighted by molar-refractivity contribution is 5.39. The van der Waals surface area contributed by atoms with Crippen LogP contribution in [0.25, 0.3) is 0 Å². The second-order valence-electron chi connectivity index (χ2n) is 3.81. The third-order valence-electron chi connectivity index (χ3n) is 2.66. The first kappa shape index (κ1) is 13.0. The lowest BCUT2D eigenvalue weighted by molar-refractivity contribution is 0.137. The minimum Gasteiger partial charge on any atom is -0.496 e. The molecule has 0 heterocycles. The molecule has 0 spiro atoms. The lowest BCUT2D eigenvalue weighted by Crippen LogP contribution is -2.35. The number of aliphatic hydroxyl groups is 1. The van der Waals surface area contributed by atoms with Gasteiger partial charge in [-0.05, 0) is 20.0 Å². The number of benzene rings is 1. The average molecular weight is 224 g/mol. The van der Waals surface area contributed by atoms with Crippen LogP contribution in [0.15, 0.2) is 18.2 Å². The molecule has 0 bridgehead atoms. The standard InChI is InChI=1S/C12H20N2O2/c1-8-4-5-11(16-3)9(6-8)12(14-2)10(15)7-13/h4-6,10,12,14-15H,7,13H2,1-3H3. The number of likely N-dealkylation sites (N-methyl/N-ethyl adjacent to an activating group) is 1. The van der Waals surface area contributed by atoms with Gasteiger partial charge in [-0.15, -0.1) is 0 Å². The summed E-state index contributed by atoms with van der Waals surface area (Å²) in [6.45, 7) is 2.22. The summed E-state index contributed by atoms with van der Waals surface area (Å²) in [5, 5.41) is 12.9. The molecule has 0 saturated heterocycles. The van der Waals surface area contributed by atoms with Crippen LogP contribution in [0.3, 0.4) is 0 Å². The van der Waals surface area contributed by atoms with Gasteiger partial charge in [-0.25, -0.2) is 0 Å². The molecule has 4 heteroatoms. The second-order valence-corrected chi connectivity index (χ2v) is 3.81. The second kappa shape index (κ2) is 5.84. The van der Waals surface area contributed by atoms with Crippen molar-refractivity contribution in [2.24, 2.45) is 5.73 Å². The molecule has 4 N–H and O–H groups in total. The van der Waals surface area contributed by atoms with Crippen LogP contribution >= 0.6 is 0 Å². The van der Waals surface area contributed by atoms with E-state index < -0.39 is 6.10 Å². The van der Waals surface area contributed by atoms with Gasteiger partial charge in [-0.1, -0.05) is 17.7 Å². The van der Waals surface area contributed by atoms with Crippen molar-refractivity contribution >= 4 is 0 Å². The highest BCUT2D eigenvalue weighted by atomic mass is 16.5. The van der Waals surface area contributed by atoms with Gasteiger partial charge in [0.2, 0.25) is 0 Å². The Morgan fingerprint density at radius 2 is 2.19 bits per heavy atom. The highest BCUT2D eigenvalue weighted by Gasteiger charge is 2.21. The van der Waals surface area contributed by atoms with E-state index in [2.05, 4.69) is 5.32 Å². The number of aliphatic hydroxyl groups excluding tert-OH is 1. The molecule has 0 fully saturated rings. The molecule has 0 aliphatic carbocycles. The van der Waals surface area contributed by atoms with E-state index in [0.29, 0.717) is 0 Å². The summed E-state index contributed by atoms with van der Waals surface area (Å²) in [6.07, 6.45) is -0.624. The summed E-state index contributed by atoms with van der Waals surface area (Å²) in [5.41, 5.74) is 7.54. The van der Waals surface area contributed by atoms with Crippen LogP contribution in [0.4, 0.5) is 0 Å². The Kier molecular flexibility index (Phi) is 4.73. The van der Waals surface area contributed by atoms with Crippen molar-refractivity contribution in [2.45, 2.75) is 19.1 Å². The van der Waals surface area contributed by atoms with Crippen LogP contribution in [-0.2, 0) is 0 Å². The van der Waals surface area contributed by atoms with Crippen LogP contribution in [0.1, 0.15) is 17.2 Å². The number of methoxy groups -OCH3 is 1. The lowest BCUT2D eigenvalue weighted by Gasteiger charge is -2.23. The number of nitrogens with two attached hydrogens (primary N) is 1. The Hall–Kier alpha value is -1.10. The SMILES string of the molecule is CNC(c1cc(C)ccc1OC)C(O)CN. The van der Waals surface area contributed by atoms with E-state index in [1.54, 1.807) is 14.2 Å². The molecular formula is C12H20N2O2. The van der Waals surface area contributed by atoms with Crippen LogP contribution < -0.4 is 15.8 Å². The Morgan fingerprint density at radius 1 is 1.50 bits per heavy atom. The fourth-order valence-corrected chi connectivity index (χ4v) is 1.79. The molecule has 2 unspecified atom stereocenters. The molecule has 0 aromatic heterocycles. The minimum absolute atomic E-state index is 0.208. The Balaban J connectivity index is 3.11. The zero-order valence-electron chi connectivity index (χ0n) is 10.0. The largest absolute Gasteiger partial charge is 0.496 e. The molecule has 4 nitrogen and oxygen atoms in total. The highest BCUT2D eigenvalue weighted by Crippen LogP contribution is 2.27. The summed E-state index contributed by atoms with van der Waals surface area (Å²) >= 11 is 0. The minimum atomic E-state index is -0.624. The number of hydrogen-bond acceptors (Lipinski definition) is 4. The lowest BCUT2D eigenvalue weighted by atomic mass is 9.98. The fraction of sp³-hybridized carbons (Fsp3) is 0.500. The Morgan fingerprint density at radius 3 is 2.69 bits per heavy atom. The summed E-state index contributed by atoms with van der Waals surface area (Å²) in [7, 11) is 3.42. The van der Waals surface area contributed by atoms with E-state index >= 15 is 0 Å². The van der Waals surface area contributed by atoms with Gasteiger partial charge in [0, 0.05) is 12.1 Å². The topological polar surface area (TPSA) is 67.5 Å². The molecule has 0 saturated carbocycles. The van der Waals surface area contributed by atoms with Gasteiger partial charge in [0.25, 0.3) is 0 Å². The van der Waals surface area contributed by atoms with Crippen molar-refractivity contribution in [3.8, 4) is 5.75 Å². The zero-order valence-corrected chi connectivity index (χ0v) is 10.0. The maximum atomic E-state index is 9.84. The van der Waals surface area contributed by atoms with Gasteiger partial charge in [0.05, 0.1) is 19.3 Å². The first-order chi connectivity index (χ1) is 7.63. The zero-order chi connectivity index (χ0) is 12.1. The fourth-order valence-electron chi connectivity index (χ4n) is 1.79. The average Bonchev–Trinajstić information content (AvgIpc) is 2.30. The van der Waals surface area contributed by atoms with Gasteiger partial charge in [-0.3, -0.25) is 0 Å². The molecule has 0 aliphatic heterocycles. The van der Waals surface area contributed by atoms with Gasteiger partial charge in [0.15, 0.2) is 0 Å². The molecule has 2 atom stereocenters. The van der Waals surface area contributed by atoms with E-state index in [1.165, 1.54) is 0 Å². The number of rotatable bonds is 5. The molecule has 1 aromatic rings. The van der Waals surface area contributed by atoms with Crippen molar-refractivity contribution < 1.29 is 9.84 Å². The first-order valence-electron chi connectivity index (χ1n) is 5.34. The Bertz CT molecular complexity index is 342. The molecule has 0 aliphatic rings. The summed E-state index contributed by atoms with van der Waals surface area (Å²) in [6, 6.07) is 5.67. The molecule has 0 amide bonds. The van der Waals surface area contributed by atoms with E-state index in [1.807, 2.05) is 25.1 Å². The summed E-state index contributed by atoms with van der Waals surface area (Å²) in [4.78, 5) is 0. The molecule has 0 radical (unpaired) electrons. The number of ether oxygens (including phenoxy) is 1. The quantitative estimate of drug-likeness (QED) is 0.684. The van der Waals surface area contributed by atoms with E-state index in [9.17, 15) is 5.11 Å². The van der Waals surface area contributed by atoms with Gasteiger partial charge in [0.1, 0.15) is 5.75 Å². The molecule has 1 aromatic carbocycles. The Labute approximate surface area is 96.4 Å². The normalized spacial score (nSPS) is 14.6. The molecular weight excluding hydrogens is 204 g/mol. The van der Waals surface area contributed by atoms with Crippen molar-refractivity contribution in [3.05, 3.63) is 29.3 Å². The van der Waals surface area contributed by atoms with Crippen LogP contribution in [-0.4, -0.2) is 31.9 Å².